The number of amides is 1. The molecule has 1 aromatic heterocycles. The zero-order chi connectivity index (χ0) is 19.3. The number of hydrogen-bond acceptors (Lipinski definition) is 4. The number of nitrogens with one attached hydrogen (secondary N) is 1. The fraction of sp³-hybridized carbons (Fsp3) is 0.524. The number of nitrogens with zero attached hydrogens (tertiary/aromatic N) is 3. The number of halogens is 1. The van der Waals surface area contributed by atoms with Gasteiger partial charge in [0.2, 0.25) is 0 Å². The molecular formula is C21H27FN4O2. The summed E-state index contributed by atoms with van der Waals surface area (Å²) in [5.74, 6) is -0.381. The monoisotopic (exact) mass is 386 g/mol. The Morgan fingerprint density at radius 2 is 1.93 bits per heavy atom. The van der Waals surface area contributed by atoms with E-state index in [1.54, 1.807) is 16.8 Å². The molecule has 1 N–H and O–H groups in total. The summed E-state index contributed by atoms with van der Waals surface area (Å²) in [6.07, 6.45) is 4.80. The van der Waals surface area contributed by atoms with E-state index in [2.05, 4.69) is 15.3 Å². The van der Waals surface area contributed by atoms with Gasteiger partial charge in [-0.2, -0.15) is 5.10 Å². The van der Waals surface area contributed by atoms with Gasteiger partial charge in [0, 0.05) is 30.9 Å². The van der Waals surface area contributed by atoms with Crippen molar-refractivity contribution >= 4 is 5.91 Å². The van der Waals surface area contributed by atoms with Gasteiger partial charge in [-0.3, -0.25) is 9.69 Å². The molecule has 7 heteroatoms. The number of aromatic nitrogens is 2. The van der Waals surface area contributed by atoms with Gasteiger partial charge in [0.25, 0.3) is 5.91 Å². The Hall–Kier alpha value is -2.25. The van der Waals surface area contributed by atoms with E-state index in [4.69, 9.17) is 4.74 Å². The van der Waals surface area contributed by atoms with Crippen molar-refractivity contribution in [1.29, 1.82) is 0 Å². The number of morpholine rings is 1. The number of benzene rings is 1. The average Bonchev–Trinajstić information content (AvgIpc) is 3.32. The molecule has 0 radical (unpaired) electrons. The quantitative estimate of drug-likeness (QED) is 0.742. The van der Waals surface area contributed by atoms with E-state index in [0.29, 0.717) is 12.2 Å². The molecule has 0 spiro atoms. The van der Waals surface area contributed by atoms with Crippen LogP contribution < -0.4 is 5.32 Å². The summed E-state index contributed by atoms with van der Waals surface area (Å²) < 4.78 is 20.4. The summed E-state index contributed by atoms with van der Waals surface area (Å²) in [5.41, 5.74) is 3.42. The minimum atomic E-state index is -0.275. The highest BCUT2D eigenvalue weighted by Gasteiger charge is 2.26. The standard InChI is InChI=1S/C21H27FN4O2/c22-16-6-8-17(9-7-16)26-19-5-3-4-18(19)20(24-26)21(27)23-10-1-2-11-25-12-14-28-15-13-25/h6-9H,1-5,10-15H2,(H,23,27). The van der Waals surface area contributed by atoms with Crippen LogP contribution in [0.25, 0.3) is 5.69 Å². The molecule has 150 valence electrons. The highest BCUT2D eigenvalue weighted by molar-refractivity contribution is 5.94. The van der Waals surface area contributed by atoms with Crippen LogP contribution >= 0.6 is 0 Å². The molecule has 1 aliphatic heterocycles. The largest absolute Gasteiger partial charge is 0.379 e. The molecule has 0 saturated carbocycles. The third-order valence-corrected chi connectivity index (χ3v) is 5.51. The smallest absolute Gasteiger partial charge is 0.272 e. The molecule has 2 aliphatic rings. The molecular weight excluding hydrogens is 359 g/mol. The molecule has 2 heterocycles. The predicted octanol–water partition coefficient (Wildman–Crippen LogP) is 2.34. The summed E-state index contributed by atoms with van der Waals surface area (Å²) in [6.45, 7) is 5.34. The van der Waals surface area contributed by atoms with Crippen LogP contribution in [-0.4, -0.2) is 60.0 Å². The lowest BCUT2D eigenvalue weighted by Crippen LogP contribution is -2.37. The van der Waals surface area contributed by atoms with Crippen molar-refractivity contribution in [3.05, 3.63) is 47.0 Å². The first kappa shape index (κ1) is 19.1. The van der Waals surface area contributed by atoms with E-state index in [1.807, 2.05) is 0 Å². The van der Waals surface area contributed by atoms with Gasteiger partial charge in [-0.25, -0.2) is 9.07 Å². The lowest BCUT2D eigenvalue weighted by molar-refractivity contribution is 0.0372. The van der Waals surface area contributed by atoms with Crippen molar-refractivity contribution in [2.24, 2.45) is 0 Å². The van der Waals surface area contributed by atoms with Crippen molar-refractivity contribution in [1.82, 2.24) is 20.0 Å². The molecule has 0 unspecified atom stereocenters. The van der Waals surface area contributed by atoms with Gasteiger partial charge in [-0.05, 0) is 62.9 Å². The molecule has 6 nitrogen and oxygen atoms in total. The van der Waals surface area contributed by atoms with Crippen LogP contribution in [0.15, 0.2) is 24.3 Å². The number of fused-ring (bicyclic) bond motifs is 1. The van der Waals surface area contributed by atoms with E-state index >= 15 is 0 Å². The summed E-state index contributed by atoms with van der Waals surface area (Å²) in [7, 11) is 0. The number of rotatable bonds is 7. The zero-order valence-corrected chi connectivity index (χ0v) is 16.1. The first-order valence-electron chi connectivity index (χ1n) is 10.2. The molecule has 0 atom stereocenters. The molecule has 1 saturated heterocycles. The van der Waals surface area contributed by atoms with Crippen LogP contribution in [0.2, 0.25) is 0 Å². The maximum atomic E-state index is 13.2. The average molecular weight is 386 g/mol. The van der Waals surface area contributed by atoms with Crippen LogP contribution in [0.4, 0.5) is 4.39 Å². The number of carbonyl (C=O) groups is 1. The molecule has 1 fully saturated rings. The summed E-state index contributed by atoms with van der Waals surface area (Å²) in [6, 6.07) is 6.25. The minimum Gasteiger partial charge on any atom is -0.379 e. The van der Waals surface area contributed by atoms with Crippen molar-refractivity contribution in [3.63, 3.8) is 0 Å². The number of carbonyl (C=O) groups excluding carboxylic acids is 1. The molecule has 0 bridgehead atoms. The van der Waals surface area contributed by atoms with E-state index in [9.17, 15) is 9.18 Å². The van der Waals surface area contributed by atoms with Crippen LogP contribution in [0.3, 0.4) is 0 Å². The number of unbranched alkanes of at least 4 members (excludes halogenated alkanes) is 1. The summed E-state index contributed by atoms with van der Waals surface area (Å²) in [4.78, 5) is 15.1. The fourth-order valence-electron chi connectivity index (χ4n) is 3.99. The van der Waals surface area contributed by atoms with Crippen LogP contribution in [0.1, 0.15) is 41.0 Å². The van der Waals surface area contributed by atoms with Crippen molar-refractivity contribution in [2.45, 2.75) is 32.1 Å². The Kier molecular flexibility index (Phi) is 6.02. The first-order chi connectivity index (χ1) is 13.7. The Labute approximate surface area is 164 Å². The lowest BCUT2D eigenvalue weighted by atomic mass is 10.2. The van der Waals surface area contributed by atoms with Crippen molar-refractivity contribution < 1.29 is 13.9 Å². The number of ether oxygens (including phenoxy) is 1. The molecule has 1 amide bonds. The van der Waals surface area contributed by atoms with E-state index in [-0.39, 0.29) is 11.7 Å². The highest BCUT2D eigenvalue weighted by Crippen LogP contribution is 2.27. The molecule has 4 rings (SSSR count). The number of hydrogen-bond donors (Lipinski definition) is 1. The Morgan fingerprint density at radius 3 is 2.71 bits per heavy atom. The van der Waals surface area contributed by atoms with E-state index in [1.165, 1.54) is 12.1 Å². The maximum Gasteiger partial charge on any atom is 0.272 e. The Morgan fingerprint density at radius 1 is 1.14 bits per heavy atom. The van der Waals surface area contributed by atoms with Gasteiger partial charge in [0.05, 0.1) is 18.9 Å². The summed E-state index contributed by atoms with van der Waals surface area (Å²) >= 11 is 0. The van der Waals surface area contributed by atoms with Gasteiger partial charge >= 0.3 is 0 Å². The second-order valence-electron chi connectivity index (χ2n) is 7.43. The van der Waals surface area contributed by atoms with Crippen LogP contribution in [0.5, 0.6) is 0 Å². The molecule has 1 aliphatic carbocycles. The Balaban J connectivity index is 1.34. The lowest BCUT2D eigenvalue weighted by Gasteiger charge is -2.26. The molecule has 2 aromatic rings. The molecule has 1 aromatic carbocycles. The van der Waals surface area contributed by atoms with Gasteiger partial charge in [-0.15, -0.1) is 0 Å². The molecule has 28 heavy (non-hydrogen) atoms. The SMILES string of the molecule is O=C(NCCCCN1CCOCC1)c1nn(-c2ccc(F)cc2)c2c1CCC2. The van der Waals surface area contributed by atoms with Crippen LogP contribution in [0, 0.1) is 5.82 Å². The van der Waals surface area contributed by atoms with E-state index < -0.39 is 0 Å². The van der Waals surface area contributed by atoms with Gasteiger partial charge in [0.1, 0.15) is 5.82 Å². The zero-order valence-electron chi connectivity index (χ0n) is 16.1. The van der Waals surface area contributed by atoms with Crippen molar-refractivity contribution in [2.75, 3.05) is 39.4 Å². The minimum absolute atomic E-state index is 0.106. The summed E-state index contributed by atoms with van der Waals surface area (Å²) in [5, 5.41) is 7.59. The third kappa shape index (κ3) is 4.25. The van der Waals surface area contributed by atoms with Gasteiger partial charge in [0.15, 0.2) is 5.69 Å². The van der Waals surface area contributed by atoms with Gasteiger partial charge < -0.3 is 10.1 Å². The predicted molar refractivity (Wildman–Crippen MR) is 104 cm³/mol. The maximum absolute atomic E-state index is 13.2. The topological polar surface area (TPSA) is 59.4 Å². The third-order valence-electron chi connectivity index (χ3n) is 5.51. The van der Waals surface area contributed by atoms with Crippen molar-refractivity contribution in [3.8, 4) is 5.69 Å². The second-order valence-corrected chi connectivity index (χ2v) is 7.43. The van der Waals surface area contributed by atoms with Crippen LogP contribution in [-0.2, 0) is 17.6 Å². The van der Waals surface area contributed by atoms with E-state index in [0.717, 1.165) is 81.9 Å². The normalized spacial score (nSPS) is 16.9. The van der Waals surface area contributed by atoms with Gasteiger partial charge in [-0.1, -0.05) is 0 Å². The second kappa shape index (κ2) is 8.84. The Bertz CT molecular complexity index is 813. The first-order valence-corrected chi connectivity index (χ1v) is 10.2. The fourth-order valence-corrected chi connectivity index (χ4v) is 3.99. The highest BCUT2D eigenvalue weighted by atomic mass is 19.1.